The Kier molecular flexibility index (Phi) is 14.6. The number of ether oxygens (including phenoxy) is 2. The van der Waals surface area contributed by atoms with Gasteiger partial charge in [0.2, 0.25) is 11.8 Å². The monoisotopic (exact) mass is 818 g/mol. The van der Waals surface area contributed by atoms with Crippen molar-refractivity contribution in [3.8, 4) is 33.6 Å². The van der Waals surface area contributed by atoms with Crippen molar-refractivity contribution in [1.82, 2.24) is 40.4 Å². The molecule has 14 nitrogen and oxygen atoms in total. The SMILES string of the molecule is C=CCCOC(=O)NC(C(=O)N1CCC[C@H]1c1ncc(-c2ccc(-c3ccc(-c4cnc([C@@H]5CCCN5C(=O)[C@@H](NC(=O)OCCC=C)C(C)C)[nH]4)cc3)cc2)[nH]1)C(C)C. The summed E-state index contributed by atoms with van der Waals surface area (Å²) in [6, 6.07) is 14.6. The molecule has 14 heteroatoms. The lowest BCUT2D eigenvalue weighted by Gasteiger charge is -2.30. The van der Waals surface area contributed by atoms with Crippen LogP contribution < -0.4 is 10.6 Å². The van der Waals surface area contributed by atoms with Gasteiger partial charge < -0.3 is 39.9 Å². The maximum atomic E-state index is 13.7. The van der Waals surface area contributed by atoms with Crippen LogP contribution in [0.5, 0.6) is 0 Å². The number of H-pyrrole nitrogens is 2. The molecule has 4 N–H and O–H groups in total. The summed E-state index contributed by atoms with van der Waals surface area (Å²) in [7, 11) is 0. The highest BCUT2D eigenvalue weighted by atomic mass is 16.6. The number of rotatable bonds is 17. The summed E-state index contributed by atoms with van der Waals surface area (Å²) in [5.74, 6) is 0.888. The first-order valence-corrected chi connectivity index (χ1v) is 21.0. The average molecular weight is 819 g/mol. The topological polar surface area (TPSA) is 175 Å². The smallest absolute Gasteiger partial charge is 0.407 e. The maximum absolute atomic E-state index is 13.7. The van der Waals surface area contributed by atoms with Crippen LogP contribution in [0.25, 0.3) is 33.6 Å². The second kappa shape index (κ2) is 20.2. The molecule has 6 rings (SSSR count). The summed E-state index contributed by atoms with van der Waals surface area (Å²) in [5, 5.41) is 5.54. The van der Waals surface area contributed by atoms with Gasteiger partial charge in [0.05, 0.1) is 49.1 Å². The van der Waals surface area contributed by atoms with Gasteiger partial charge in [-0.1, -0.05) is 88.4 Å². The van der Waals surface area contributed by atoms with Gasteiger partial charge in [-0.2, -0.15) is 0 Å². The van der Waals surface area contributed by atoms with E-state index in [0.717, 1.165) is 71.0 Å². The number of hydrogen-bond acceptors (Lipinski definition) is 8. The zero-order valence-corrected chi connectivity index (χ0v) is 35.1. The van der Waals surface area contributed by atoms with Crippen LogP contribution in [0.2, 0.25) is 0 Å². The molecule has 318 valence electrons. The van der Waals surface area contributed by atoms with Crippen molar-refractivity contribution in [3.63, 3.8) is 0 Å². The number of benzene rings is 2. The van der Waals surface area contributed by atoms with E-state index in [2.05, 4.69) is 82.3 Å². The van der Waals surface area contributed by atoms with Crippen LogP contribution in [0.3, 0.4) is 0 Å². The molecule has 0 saturated carbocycles. The molecule has 1 unspecified atom stereocenters. The van der Waals surface area contributed by atoms with Crippen LogP contribution in [0, 0.1) is 11.8 Å². The van der Waals surface area contributed by atoms with Crippen molar-refractivity contribution in [2.24, 2.45) is 11.8 Å². The largest absolute Gasteiger partial charge is 0.449 e. The fraction of sp³-hybridized carbons (Fsp3) is 0.435. The van der Waals surface area contributed by atoms with E-state index >= 15 is 0 Å². The second-order valence-electron chi connectivity index (χ2n) is 16.1. The molecule has 4 amide bonds. The standard InChI is InChI=1S/C46H58N8O6/c1-7-9-25-59-45(57)51-39(29(3)4)43(55)53-23-11-13-37(53)41-47-27-35(49-41)33-19-15-31(16-20-33)32-17-21-34(22-18-32)36-28-48-42(50-36)38-14-12-24-54(38)44(56)40(30(5)6)52-46(58)60-26-10-8-2/h7-8,15-22,27-30,37-40H,1-2,9-14,23-26H2,3-6H3,(H,47,49)(H,48,50)(H,51,57)(H,52,58)/t37-,38-,39-,40?/m0/s1. The highest BCUT2D eigenvalue weighted by molar-refractivity contribution is 5.87. The summed E-state index contributed by atoms with van der Waals surface area (Å²) in [4.78, 5) is 72.2. The van der Waals surface area contributed by atoms with Crippen LogP contribution >= 0.6 is 0 Å². The van der Waals surface area contributed by atoms with Crippen molar-refractivity contribution in [3.05, 3.63) is 97.9 Å². The van der Waals surface area contributed by atoms with Crippen LogP contribution in [0.15, 0.2) is 86.2 Å². The Morgan fingerprint density at radius 3 is 1.38 bits per heavy atom. The molecule has 4 aromatic rings. The predicted molar refractivity (Wildman–Crippen MR) is 230 cm³/mol. The first-order chi connectivity index (χ1) is 29.0. The Bertz CT molecular complexity index is 1960. The molecule has 0 aliphatic carbocycles. The predicted octanol–water partition coefficient (Wildman–Crippen LogP) is 8.11. The van der Waals surface area contributed by atoms with Gasteiger partial charge in [0.25, 0.3) is 0 Å². The summed E-state index contributed by atoms with van der Waals surface area (Å²) >= 11 is 0. The highest BCUT2D eigenvalue weighted by Gasteiger charge is 2.39. The molecule has 2 aromatic heterocycles. The Morgan fingerprint density at radius 1 is 0.667 bits per heavy atom. The summed E-state index contributed by atoms with van der Waals surface area (Å²) in [6.45, 7) is 16.5. The summed E-state index contributed by atoms with van der Waals surface area (Å²) in [5.41, 5.74) is 5.75. The molecule has 0 radical (unpaired) electrons. The molecule has 2 aliphatic heterocycles. The van der Waals surface area contributed by atoms with E-state index in [0.29, 0.717) is 25.9 Å². The van der Waals surface area contributed by atoms with Gasteiger partial charge in [-0.05, 0) is 72.6 Å². The van der Waals surface area contributed by atoms with Crippen molar-refractivity contribution in [2.75, 3.05) is 26.3 Å². The number of imidazole rings is 2. The number of carbonyl (C=O) groups excluding carboxylic acids is 4. The van der Waals surface area contributed by atoms with Gasteiger partial charge in [0.15, 0.2) is 0 Å². The van der Waals surface area contributed by atoms with Gasteiger partial charge in [-0.3, -0.25) is 9.59 Å². The lowest BCUT2D eigenvalue weighted by Crippen LogP contribution is -2.51. The van der Waals surface area contributed by atoms with Crippen LogP contribution in [0.4, 0.5) is 9.59 Å². The first-order valence-electron chi connectivity index (χ1n) is 21.0. The molecule has 4 heterocycles. The van der Waals surface area contributed by atoms with Gasteiger partial charge in [0, 0.05) is 13.1 Å². The molecule has 60 heavy (non-hydrogen) atoms. The third-order valence-electron chi connectivity index (χ3n) is 11.1. The minimum absolute atomic E-state index is 0.127. The molecule has 0 bridgehead atoms. The van der Waals surface area contributed by atoms with E-state index in [1.54, 1.807) is 24.5 Å². The summed E-state index contributed by atoms with van der Waals surface area (Å²) in [6.07, 6.45) is 10.0. The van der Waals surface area contributed by atoms with Gasteiger partial charge in [-0.25, -0.2) is 19.6 Å². The number of aromatic nitrogens is 4. The summed E-state index contributed by atoms with van der Waals surface area (Å²) < 4.78 is 10.4. The Hall–Kier alpha value is -6.18. The third kappa shape index (κ3) is 10.3. The number of amides is 4. The van der Waals surface area contributed by atoms with Crippen LogP contribution in [-0.4, -0.2) is 92.1 Å². The van der Waals surface area contributed by atoms with Gasteiger partial charge in [-0.15, -0.1) is 13.2 Å². The van der Waals surface area contributed by atoms with Crippen LogP contribution in [-0.2, 0) is 19.1 Å². The number of carbonyl (C=O) groups is 4. The van der Waals surface area contributed by atoms with Crippen LogP contribution in [0.1, 0.15) is 90.0 Å². The normalized spacial score (nSPS) is 17.4. The lowest BCUT2D eigenvalue weighted by atomic mass is 10.0. The van der Waals surface area contributed by atoms with E-state index in [1.807, 2.05) is 37.5 Å². The van der Waals surface area contributed by atoms with E-state index in [9.17, 15) is 19.2 Å². The van der Waals surface area contributed by atoms with E-state index < -0.39 is 24.3 Å². The van der Waals surface area contributed by atoms with Gasteiger partial charge >= 0.3 is 12.2 Å². The Balaban J connectivity index is 1.07. The number of alkyl carbamates (subject to hydrolysis) is 2. The van der Waals surface area contributed by atoms with E-state index in [1.165, 1.54) is 0 Å². The molecular formula is C46H58N8O6. The van der Waals surface area contributed by atoms with Crippen molar-refractivity contribution >= 4 is 24.0 Å². The Labute approximate surface area is 352 Å². The number of nitrogens with zero attached hydrogens (tertiary/aromatic N) is 4. The average Bonchev–Trinajstić information content (AvgIpc) is 4.09. The second-order valence-corrected chi connectivity index (χ2v) is 16.1. The number of likely N-dealkylation sites (tertiary alicyclic amines) is 2. The molecule has 2 aromatic carbocycles. The first kappa shape index (κ1) is 43.4. The molecule has 2 fully saturated rings. The minimum Gasteiger partial charge on any atom is -0.449 e. The number of nitrogens with one attached hydrogen (secondary N) is 4. The van der Waals surface area contributed by atoms with E-state index in [-0.39, 0.29) is 48.9 Å². The maximum Gasteiger partial charge on any atom is 0.407 e. The van der Waals surface area contributed by atoms with E-state index in [4.69, 9.17) is 19.4 Å². The zero-order chi connectivity index (χ0) is 42.8. The molecule has 2 aliphatic rings. The zero-order valence-electron chi connectivity index (χ0n) is 35.1. The quantitative estimate of drug-likeness (QED) is 0.0611. The molecule has 2 saturated heterocycles. The molecule has 0 spiro atoms. The highest BCUT2D eigenvalue weighted by Crippen LogP contribution is 2.35. The minimum atomic E-state index is -0.714. The third-order valence-corrected chi connectivity index (χ3v) is 11.1. The van der Waals surface area contributed by atoms with Gasteiger partial charge in [0.1, 0.15) is 23.7 Å². The van der Waals surface area contributed by atoms with Crippen molar-refractivity contribution < 1.29 is 28.7 Å². The lowest BCUT2D eigenvalue weighted by molar-refractivity contribution is -0.136. The Morgan fingerprint density at radius 2 is 1.03 bits per heavy atom. The molecular weight excluding hydrogens is 761 g/mol. The number of aromatic amines is 2. The fourth-order valence-corrected chi connectivity index (χ4v) is 7.81. The fourth-order valence-electron chi connectivity index (χ4n) is 7.81. The van der Waals surface area contributed by atoms with Crippen molar-refractivity contribution in [2.45, 2.75) is 90.4 Å². The van der Waals surface area contributed by atoms with Crippen molar-refractivity contribution in [1.29, 1.82) is 0 Å². The molecule has 4 atom stereocenters. The number of hydrogen-bond donors (Lipinski definition) is 4.